The summed E-state index contributed by atoms with van der Waals surface area (Å²) in [5.41, 5.74) is 4.22. The highest BCUT2D eigenvalue weighted by atomic mass is 35.5. The van der Waals surface area contributed by atoms with Gasteiger partial charge in [0, 0.05) is 5.02 Å². The van der Waals surface area contributed by atoms with Crippen molar-refractivity contribution < 1.29 is 17.9 Å². The highest BCUT2D eigenvalue weighted by Gasteiger charge is 2.27. The molecular weight excluding hydrogens is 472 g/mol. The van der Waals surface area contributed by atoms with Gasteiger partial charge in [0.2, 0.25) is 5.91 Å². The van der Waals surface area contributed by atoms with Crippen molar-refractivity contribution in [2.24, 2.45) is 0 Å². The predicted octanol–water partition coefficient (Wildman–Crippen LogP) is 4.96. The first-order valence-corrected chi connectivity index (χ1v) is 12.7. The van der Waals surface area contributed by atoms with Crippen molar-refractivity contribution in [3.05, 3.63) is 87.9 Å². The average Bonchev–Trinajstić information content (AvgIpc) is 2.78. The van der Waals surface area contributed by atoms with Gasteiger partial charge in [0.25, 0.3) is 10.0 Å². The van der Waals surface area contributed by atoms with E-state index in [-0.39, 0.29) is 24.6 Å². The second-order valence-corrected chi connectivity index (χ2v) is 10.5. The lowest BCUT2D eigenvalue weighted by Gasteiger charge is -2.24. The number of halogens is 1. The minimum absolute atomic E-state index is 0.0979. The van der Waals surface area contributed by atoms with Crippen LogP contribution in [0, 0.1) is 27.7 Å². The Hall–Kier alpha value is -3.03. The number of anilines is 1. The zero-order valence-corrected chi connectivity index (χ0v) is 21.3. The fraction of sp³-hybridized carbons (Fsp3) is 0.269. The zero-order valence-electron chi connectivity index (χ0n) is 19.8. The molecule has 0 unspecified atom stereocenters. The van der Waals surface area contributed by atoms with Gasteiger partial charge < -0.3 is 10.1 Å². The lowest BCUT2D eigenvalue weighted by atomic mass is 10.1. The van der Waals surface area contributed by atoms with Crippen molar-refractivity contribution in [2.75, 3.05) is 24.0 Å². The highest BCUT2D eigenvalue weighted by molar-refractivity contribution is 7.92. The van der Waals surface area contributed by atoms with Gasteiger partial charge in [-0.15, -0.1) is 0 Å². The molecule has 34 heavy (non-hydrogen) atoms. The summed E-state index contributed by atoms with van der Waals surface area (Å²) in [6.07, 6.45) is 0. The molecule has 6 nitrogen and oxygen atoms in total. The number of rotatable bonds is 9. The first kappa shape index (κ1) is 25.6. The standard InChI is InChI=1S/C26H29ClN2O4S/c1-18-5-10-23(11-6-18)34(31,32)29(22-9-8-20(3)24(27)16-22)17-26(30)28-13-14-33-25-12-7-19(2)15-21(25)4/h5-12,15-16H,13-14,17H2,1-4H3,(H,28,30). The Morgan fingerprint density at radius 3 is 2.24 bits per heavy atom. The van der Waals surface area contributed by atoms with Crippen LogP contribution in [0.2, 0.25) is 5.02 Å². The number of amides is 1. The van der Waals surface area contributed by atoms with E-state index in [9.17, 15) is 13.2 Å². The Bertz CT molecular complexity index is 1270. The second-order valence-electron chi connectivity index (χ2n) is 8.23. The van der Waals surface area contributed by atoms with Gasteiger partial charge in [0.15, 0.2) is 0 Å². The average molecular weight is 501 g/mol. The molecule has 0 fully saturated rings. The topological polar surface area (TPSA) is 75.7 Å². The molecule has 1 amide bonds. The largest absolute Gasteiger partial charge is 0.491 e. The molecular formula is C26H29ClN2O4S. The fourth-order valence-corrected chi connectivity index (χ4v) is 4.98. The Morgan fingerprint density at radius 2 is 1.59 bits per heavy atom. The van der Waals surface area contributed by atoms with Crippen molar-refractivity contribution in [3.8, 4) is 5.75 Å². The molecule has 8 heteroatoms. The Balaban J connectivity index is 1.73. The molecule has 0 radical (unpaired) electrons. The van der Waals surface area contributed by atoms with Crippen molar-refractivity contribution in [1.29, 1.82) is 0 Å². The van der Waals surface area contributed by atoms with Gasteiger partial charge in [-0.05, 0) is 69.2 Å². The number of benzene rings is 3. The van der Waals surface area contributed by atoms with Crippen LogP contribution in [0.3, 0.4) is 0 Å². The molecule has 3 aromatic rings. The first-order chi connectivity index (χ1) is 16.1. The van der Waals surface area contributed by atoms with E-state index in [1.54, 1.807) is 30.3 Å². The summed E-state index contributed by atoms with van der Waals surface area (Å²) in [4.78, 5) is 12.8. The molecule has 0 bridgehead atoms. The number of nitrogens with zero attached hydrogens (tertiary/aromatic N) is 1. The summed E-state index contributed by atoms with van der Waals surface area (Å²) >= 11 is 6.26. The summed E-state index contributed by atoms with van der Waals surface area (Å²) in [5, 5.41) is 3.16. The number of nitrogens with one attached hydrogen (secondary N) is 1. The molecule has 0 aliphatic carbocycles. The second kappa shape index (κ2) is 10.9. The van der Waals surface area contributed by atoms with Crippen LogP contribution >= 0.6 is 11.6 Å². The highest BCUT2D eigenvalue weighted by Crippen LogP contribution is 2.28. The fourth-order valence-electron chi connectivity index (χ4n) is 3.39. The number of sulfonamides is 1. The maximum atomic E-state index is 13.4. The van der Waals surface area contributed by atoms with Gasteiger partial charge in [0.1, 0.15) is 18.9 Å². The molecule has 0 saturated heterocycles. The van der Waals surface area contributed by atoms with E-state index < -0.39 is 15.9 Å². The predicted molar refractivity (Wildman–Crippen MR) is 136 cm³/mol. The van der Waals surface area contributed by atoms with Gasteiger partial charge in [-0.25, -0.2) is 8.42 Å². The number of aryl methyl sites for hydroxylation is 4. The van der Waals surface area contributed by atoms with Crippen LogP contribution in [0.25, 0.3) is 0 Å². The van der Waals surface area contributed by atoms with Crippen LogP contribution < -0.4 is 14.4 Å². The lowest BCUT2D eigenvalue weighted by molar-refractivity contribution is -0.119. The molecule has 180 valence electrons. The normalized spacial score (nSPS) is 11.2. The van der Waals surface area contributed by atoms with Crippen molar-refractivity contribution >= 4 is 33.2 Å². The Labute approximate surface area is 206 Å². The maximum absolute atomic E-state index is 13.4. The molecule has 0 aliphatic heterocycles. The summed E-state index contributed by atoms with van der Waals surface area (Å²) in [7, 11) is -4.00. The molecule has 1 N–H and O–H groups in total. The summed E-state index contributed by atoms with van der Waals surface area (Å²) in [6.45, 7) is 7.78. The zero-order chi connectivity index (χ0) is 24.9. The van der Waals surface area contributed by atoms with E-state index >= 15 is 0 Å². The minimum Gasteiger partial charge on any atom is -0.491 e. The third-order valence-electron chi connectivity index (χ3n) is 5.35. The number of carbonyl (C=O) groups is 1. The van der Waals surface area contributed by atoms with Crippen molar-refractivity contribution in [3.63, 3.8) is 0 Å². The number of hydrogen-bond donors (Lipinski definition) is 1. The Kier molecular flexibility index (Phi) is 8.23. The van der Waals surface area contributed by atoms with E-state index in [2.05, 4.69) is 5.32 Å². The number of ether oxygens (including phenoxy) is 1. The molecule has 3 rings (SSSR count). The van der Waals surface area contributed by atoms with Crippen LogP contribution in [0.5, 0.6) is 5.75 Å². The van der Waals surface area contributed by atoms with Gasteiger partial charge in [-0.3, -0.25) is 9.10 Å². The van der Waals surface area contributed by atoms with Crippen molar-refractivity contribution in [1.82, 2.24) is 5.32 Å². The molecule has 0 heterocycles. The van der Waals surface area contributed by atoms with Crippen LogP contribution in [-0.4, -0.2) is 34.0 Å². The lowest BCUT2D eigenvalue weighted by Crippen LogP contribution is -2.42. The monoisotopic (exact) mass is 500 g/mol. The molecule has 0 spiro atoms. The van der Waals surface area contributed by atoms with Gasteiger partial charge in [-0.2, -0.15) is 0 Å². The third kappa shape index (κ3) is 6.30. The van der Waals surface area contributed by atoms with Crippen LogP contribution in [0.1, 0.15) is 22.3 Å². The third-order valence-corrected chi connectivity index (χ3v) is 7.55. The quantitative estimate of drug-likeness (QED) is 0.421. The van der Waals surface area contributed by atoms with E-state index in [1.165, 1.54) is 12.1 Å². The van der Waals surface area contributed by atoms with Crippen LogP contribution in [0.15, 0.2) is 65.6 Å². The van der Waals surface area contributed by atoms with Crippen LogP contribution in [0.4, 0.5) is 5.69 Å². The van der Waals surface area contributed by atoms with Crippen LogP contribution in [-0.2, 0) is 14.8 Å². The number of hydrogen-bond acceptors (Lipinski definition) is 4. The number of carbonyl (C=O) groups excluding carboxylic acids is 1. The molecule has 3 aromatic carbocycles. The van der Waals surface area contributed by atoms with E-state index in [0.717, 1.165) is 32.3 Å². The SMILES string of the molecule is Cc1ccc(S(=O)(=O)N(CC(=O)NCCOc2ccc(C)cc2C)c2ccc(C)c(Cl)c2)cc1. The molecule has 0 atom stereocenters. The first-order valence-electron chi connectivity index (χ1n) is 10.9. The van der Waals surface area contributed by atoms with E-state index in [1.807, 2.05) is 45.9 Å². The summed E-state index contributed by atoms with van der Waals surface area (Å²) in [6, 6.07) is 17.3. The Morgan fingerprint density at radius 1 is 0.912 bits per heavy atom. The van der Waals surface area contributed by atoms with Gasteiger partial charge in [-0.1, -0.05) is 53.1 Å². The van der Waals surface area contributed by atoms with Gasteiger partial charge in [0.05, 0.1) is 17.1 Å². The summed E-state index contributed by atoms with van der Waals surface area (Å²) < 4.78 is 33.7. The minimum atomic E-state index is -4.00. The van der Waals surface area contributed by atoms with E-state index in [4.69, 9.17) is 16.3 Å². The molecule has 0 saturated carbocycles. The van der Waals surface area contributed by atoms with E-state index in [0.29, 0.717) is 10.7 Å². The van der Waals surface area contributed by atoms with Gasteiger partial charge >= 0.3 is 0 Å². The molecule has 0 aliphatic rings. The summed E-state index contributed by atoms with van der Waals surface area (Å²) in [5.74, 6) is 0.300. The molecule has 0 aromatic heterocycles. The van der Waals surface area contributed by atoms with Crippen molar-refractivity contribution in [2.45, 2.75) is 32.6 Å². The smallest absolute Gasteiger partial charge is 0.264 e. The maximum Gasteiger partial charge on any atom is 0.264 e.